The van der Waals surface area contributed by atoms with Crippen molar-refractivity contribution in [2.24, 2.45) is 0 Å². The minimum Gasteiger partial charge on any atom is -0.341 e. The van der Waals surface area contributed by atoms with Crippen molar-refractivity contribution in [3.8, 4) is 0 Å². The first-order valence-electron chi connectivity index (χ1n) is 4.34. The van der Waals surface area contributed by atoms with Gasteiger partial charge in [-0.3, -0.25) is 0 Å². The molecule has 0 heterocycles. The van der Waals surface area contributed by atoms with Crippen LogP contribution in [-0.2, 0) is 6.42 Å². The second-order valence-corrected chi connectivity index (χ2v) is 2.75. The van der Waals surface area contributed by atoms with Crippen LogP contribution >= 0.6 is 0 Å². The highest BCUT2D eigenvalue weighted by Gasteiger charge is 1.96. The molecule has 0 atom stereocenters. The molecule has 0 aliphatic carbocycles. The molecule has 2 N–H and O–H groups in total. The predicted molar refractivity (Wildman–Crippen MR) is 53.9 cm³/mol. The molecular weight excluding hydrogens is 164 g/mol. The van der Waals surface area contributed by atoms with Gasteiger partial charge in [-0.25, -0.2) is 4.79 Å². The van der Waals surface area contributed by atoms with Crippen LogP contribution in [0.5, 0.6) is 0 Å². The average Bonchev–Trinajstić information content (AvgIpc) is 2.19. The van der Waals surface area contributed by atoms with Crippen LogP contribution in [0.3, 0.4) is 0 Å². The number of amides is 2. The van der Waals surface area contributed by atoms with E-state index in [4.69, 9.17) is 0 Å². The van der Waals surface area contributed by atoms with E-state index in [9.17, 15) is 4.79 Å². The lowest BCUT2D eigenvalue weighted by molar-refractivity contribution is 0.254. The summed E-state index contributed by atoms with van der Waals surface area (Å²) < 4.78 is 0. The summed E-state index contributed by atoms with van der Waals surface area (Å²) in [5.41, 5.74) is 2.08. The van der Waals surface area contributed by atoms with Crippen molar-refractivity contribution in [1.29, 1.82) is 0 Å². The van der Waals surface area contributed by atoms with E-state index in [-0.39, 0.29) is 6.03 Å². The SMILES string of the molecule is CCc1ccc(NC(=O)NC)cc1. The van der Waals surface area contributed by atoms with E-state index in [2.05, 4.69) is 17.6 Å². The summed E-state index contributed by atoms with van der Waals surface area (Å²) >= 11 is 0. The van der Waals surface area contributed by atoms with Gasteiger partial charge in [0.2, 0.25) is 0 Å². The fourth-order valence-electron chi connectivity index (χ4n) is 1.02. The van der Waals surface area contributed by atoms with E-state index in [1.54, 1.807) is 7.05 Å². The number of anilines is 1. The quantitative estimate of drug-likeness (QED) is 0.714. The van der Waals surface area contributed by atoms with Crippen LogP contribution in [0, 0.1) is 0 Å². The first-order chi connectivity index (χ1) is 6.26. The Kier molecular flexibility index (Phi) is 3.31. The Morgan fingerprint density at radius 1 is 1.31 bits per heavy atom. The zero-order valence-corrected chi connectivity index (χ0v) is 7.92. The fraction of sp³-hybridized carbons (Fsp3) is 0.300. The number of urea groups is 1. The molecule has 2 amide bonds. The Hall–Kier alpha value is -1.51. The monoisotopic (exact) mass is 178 g/mol. The van der Waals surface area contributed by atoms with Gasteiger partial charge in [-0.1, -0.05) is 19.1 Å². The lowest BCUT2D eigenvalue weighted by atomic mass is 10.1. The third kappa shape index (κ3) is 2.78. The van der Waals surface area contributed by atoms with E-state index < -0.39 is 0 Å². The second kappa shape index (κ2) is 4.50. The van der Waals surface area contributed by atoms with Crippen molar-refractivity contribution in [2.75, 3.05) is 12.4 Å². The van der Waals surface area contributed by atoms with E-state index >= 15 is 0 Å². The summed E-state index contributed by atoms with van der Waals surface area (Å²) in [7, 11) is 1.59. The molecule has 0 bridgehead atoms. The number of hydrogen-bond acceptors (Lipinski definition) is 1. The van der Waals surface area contributed by atoms with Crippen LogP contribution in [0.2, 0.25) is 0 Å². The third-order valence-electron chi connectivity index (χ3n) is 1.85. The Balaban J connectivity index is 2.64. The molecule has 13 heavy (non-hydrogen) atoms. The molecule has 3 nitrogen and oxygen atoms in total. The molecule has 0 aliphatic rings. The van der Waals surface area contributed by atoms with Crippen molar-refractivity contribution < 1.29 is 4.79 Å². The van der Waals surface area contributed by atoms with E-state index in [0.29, 0.717) is 0 Å². The maximum absolute atomic E-state index is 10.9. The van der Waals surface area contributed by atoms with Crippen LogP contribution in [0.25, 0.3) is 0 Å². The molecular formula is C10H14N2O. The van der Waals surface area contributed by atoms with Gasteiger partial charge in [-0.05, 0) is 24.1 Å². The Morgan fingerprint density at radius 3 is 2.38 bits per heavy atom. The molecule has 1 rings (SSSR count). The van der Waals surface area contributed by atoms with Gasteiger partial charge in [0.1, 0.15) is 0 Å². The lowest BCUT2D eigenvalue weighted by Gasteiger charge is -2.04. The van der Waals surface area contributed by atoms with Crippen molar-refractivity contribution in [1.82, 2.24) is 5.32 Å². The number of rotatable bonds is 2. The molecule has 3 heteroatoms. The first kappa shape index (κ1) is 9.58. The van der Waals surface area contributed by atoms with E-state index in [0.717, 1.165) is 12.1 Å². The molecule has 0 radical (unpaired) electrons. The number of nitrogens with one attached hydrogen (secondary N) is 2. The average molecular weight is 178 g/mol. The van der Waals surface area contributed by atoms with Crippen LogP contribution in [0.15, 0.2) is 24.3 Å². The second-order valence-electron chi connectivity index (χ2n) is 2.75. The van der Waals surface area contributed by atoms with Crippen molar-refractivity contribution in [3.05, 3.63) is 29.8 Å². The molecule has 0 saturated heterocycles. The van der Waals surface area contributed by atoms with Gasteiger partial charge >= 0.3 is 6.03 Å². The minimum atomic E-state index is -0.191. The van der Waals surface area contributed by atoms with Gasteiger partial charge in [0.25, 0.3) is 0 Å². The Morgan fingerprint density at radius 2 is 1.92 bits per heavy atom. The fourth-order valence-corrected chi connectivity index (χ4v) is 1.02. The molecule has 0 aliphatic heterocycles. The molecule has 0 unspecified atom stereocenters. The van der Waals surface area contributed by atoms with Gasteiger partial charge in [-0.2, -0.15) is 0 Å². The van der Waals surface area contributed by atoms with Gasteiger partial charge < -0.3 is 10.6 Å². The zero-order chi connectivity index (χ0) is 9.68. The molecule has 70 valence electrons. The first-order valence-corrected chi connectivity index (χ1v) is 4.34. The highest BCUT2D eigenvalue weighted by Crippen LogP contribution is 2.09. The summed E-state index contributed by atoms with van der Waals surface area (Å²) in [5, 5.41) is 5.18. The van der Waals surface area contributed by atoms with Crippen LogP contribution in [-0.4, -0.2) is 13.1 Å². The van der Waals surface area contributed by atoms with Gasteiger partial charge in [-0.15, -0.1) is 0 Å². The standard InChI is InChI=1S/C10H14N2O/c1-3-8-4-6-9(7-5-8)12-10(13)11-2/h4-7H,3H2,1-2H3,(H2,11,12,13). The summed E-state index contributed by atoms with van der Waals surface area (Å²) in [6.07, 6.45) is 1.01. The smallest absolute Gasteiger partial charge is 0.318 e. The van der Waals surface area contributed by atoms with Crippen molar-refractivity contribution in [2.45, 2.75) is 13.3 Å². The Labute approximate surface area is 78.2 Å². The molecule has 0 spiro atoms. The molecule has 0 aromatic heterocycles. The van der Waals surface area contributed by atoms with E-state index in [1.807, 2.05) is 24.3 Å². The molecule has 0 fully saturated rings. The number of benzene rings is 1. The summed E-state index contributed by atoms with van der Waals surface area (Å²) in [4.78, 5) is 10.9. The lowest BCUT2D eigenvalue weighted by Crippen LogP contribution is -2.24. The number of aryl methyl sites for hydroxylation is 1. The summed E-state index contributed by atoms with van der Waals surface area (Å²) in [5.74, 6) is 0. The molecule has 0 saturated carbocycles. The summed E-state index contributed by atoms with van der Waals surface area (Å²) in [6.45, 7) is 2.10. The number of carbonyl (C=O) groups is 1. The Bertz CT molecular complexity index is 279. The zero-order valence-electron chi connectivity index (χ0n) is 7.92. The third-order valence-corrected chi connectivity index (χ3v) is 1.85. The van der Waals surface area contributed by atoms with Gasteiger partial charge in [0.05, 0.1) is 0 Å². The number of hydrogen-bond donors (Lipinski definition) is 2. The molecule has 1 aromatic rings. The predicted octanol–water partition coefficient (Wildman–Crippen LogP) is 2.00. The maximum Gasteiger partial charge on any atom is 0.318 e. The highest BCUT2D eigenvalue weighted by molar-refractivity contribution is 5.88. The van der Waals surface area contributed by atoms with Crippen LogP contribution in [0.4, 0.5) is 10.5 Å². The number of carbonyl (C=O) groups excluding carboxylic acids is 1. The highest BCUT2D eigenvalue weighted by atomic mass is 16.2. The van der Waals surface area contributed by atoms with Crippen molar-refractivity contribution >= 4 is 11.7 Å². The van der Waals surface area contributed by atoms with Crippen molar-refractivity contribution in [3.63, 3.8) is 0 Å². The van der Waals surface area contributed by atoms with Crippen LogP contribution < -0.4 is 10.6 Å². The maximum atomic E-state index is 10.9. The topological polar surface area (TPSA) is 41.1 Å². The van der Waals surface area contributed by atoms with Crippen LogP contribution in [0.1, 0.15) is 12.5 Å². The normalized spacial score (nSPS) is 9.38. The van der Waals surface area contributed by atoms with E-state index in [1.165, 1.54) is 5.56 Å². The minimum absolute atomic E-state index is 0.191. The van der Waals surface area contributed by atoms with Gasteiger partial charge in [0, 0.05) is 12.7 Å². The summed E-state index contributed by atoms with van der Waals surface area (Å²) in [6, 6.07) is 7.61. The molecule has 1 aromatic carbocycles. The van der Waals surface area contributed by atoms with Gasteiger partial charge in [0.15, 0.2) is 0 Å². The largest absolute Gasteiger partial charge is 0.341 e.